The van der Waals surface area contributed by atoms with E-state index in [2.05, 4.69) is 21.2 Å². The van der Waals surface area contributed by atoms with Crippen LogP contribution in [0.4, 0.5) is 5.69 Å². The van der Waals surface area contributed by atoms with Crippen LogP contribution in [0, 0.1) is 0 Å². The van der Waals surface area contributed by atoms with Gasteiger partial charge in [-0.15, -0.1) is 0 Å². The van der Waals surface area contributed by atoms with Gasteiger partial charge in [0.1, 0.15) is 28.6 Å². The molecule has 9 heteroatoms. The van der Waals surface area contributed by atoms with Crippen LogP contribution < -0.4 is 19.7 Å². The molecule has 4 rings (SSSR count). The highest BCUT2D eigenvalue weighted by molar-refractivity contribution is 9.10. The Morgan fingerprint density at radius 1 is 1.03 bits per heavy atom. The largest absolute Gasteiger partial charge is 0.507 e. The topological polar surface area (TPSA) is 88.1 Å². The molecular weight excluding hydrogens is 508 g/mol. The first-order valence-electron chi connectivity index (χ1n) is 9.68. The number of nitrogens with zero attached hydrogens (tertiary/aromatic N) is 1. The molecule has 33 heavy (non-hydrogen) atoms. The number of carbonyl (C=O) groups excluding carboxylic acids is 2. The molecule has 3 aromatic carbocycles. The van der Waals surface area contributed by atoms with Crippen LogP contribution in [0.2, 0.25) is 0 Å². The molecular formula is C24H17BrN2O5S. The minimum absolute atomic E-state index is 0.0426. The maximum atomic E-state index is 13.2. The fourth-order valence-corrected chi connectivity index (χ4v) is 3.97. The summed E-state index contributed by atoms with van der Waals surface area (Å²) in [6.45, 7) is 0. The third kappa shape index (κ3) is 4.74. The van der Waals surface area contributed by atoms with Gasteiger partial charge in [0.2, 0.25) is 0 Å². The number of hydrogen-bond acceptors (Lipinski definition) is 6. The van der Waals surface area contributed by atoms with E-state index < -0.39 is 11.8 Å². The first kappa shape index (κ1) is 22.5. The van der Waals surface area contributed by atoms with Crippen LogP contribution in [0.15, 0.2) is 76.8 Å². The molecule has 1 aliphatic rings. The second-order valence-electron chi connectivity index (χ2n) is 6.91. The van der Waals surface area contributed by atoms with Crippen molar-refractivity contribution >= 4 is 56.8 Å². The zero-order valence-electron chi connectivity index (χ0n) is 17.2. The molecule has 7 nitrogen and oxygen atoms in total. The standard InChI is InChI=1S/C24H17BrN2O5S/c1-31-21-13-20(28)14(12-19(21)25)11-18-22(29)26-24(33)27(23(18)30)15-7-9-17(10-8-15)32-16-5-3-2-4-6-16/h2-13,28H,1H3,(H,26,29,33)/b18-11+. The third-order valence-electron chi connectivity index (χ3n) is 4.78. The third-order valence-corrected chi connectivity index (χ3v) is 5.68. The number of phenols is 1. The molecule has 1 saturated heterocycles. The van der Waals surface area contributed by atoms with Crippen molar-refractivity contribution in [3.8, 4) is 23.0 Å². The lowest BCUT2D eigenvalue weighted by atomic mass is 10.1. The lowest BCUT2D eigenvalue weighted by Crippen LogP contribution is -2.54. The van der Waals surface area contributed by atoms with Gasteiger partial charge in [0.25, 0.3) is 11.8 Å². The fourth-order valence-electron chi connectivity index (χ4n) is 3.17. The van der Waals surface area contributed by atoms with E-state index in [-0.39, 0.29) is 22.0 Å². The zero-order chi connectivity index (χ0) is 23.5. The minimum atomic E-state index is -0.656. The minimum Gasteiger partial charge on any atom is -0.507 e. The van der Waals surface area contributed by atoms with Gasteiger partial charge in [-0.1, -0.05) is 18.2 Å². The number of thiocarbonyl (C=S) groups is 1. The second-order valence-corrected chi connectivity index (χ2v) is 8.15. The van der Waals surface area contributed by atoms with Gasteiger partial charge in [-0.3, -0.25) is 19.8 Å². The molecule has 0 spiro atoms. The number of nitrogens with one attached hydrogen (secondary N) is 1. The summed E-state index contributed by atoms with van der Waals surface area (Å²) in [5, 5.41) is 12.8. The number of phenolic OH excluding ortho intramolecular Hbond substituents is 1. The molecule has 0 unspecified atom stereocenters. The van der Waals surface area contributed by atoms with Crippen LogP contribution in [-0.2, 0) is 9.59 Å². The predicted octanol–water partition coefficient (Wildman–Crippen LogP) is 4.79. The Bertz CT molecular complexity index is 1280. The van der Waals surface area contributed by atoms with E-state index in [0.717, 1.165) is 0 Å². The average Bonchev–Trinajstić information content (AvgIpc) is 2.80. The first-order chi connectivity index (χ1) is 15.9. The summed E-state index contributed by atoms with van der Waals surface area (Å²) < 4.78 is 11.5. The van der Waals surface area contributed by atoms with E-state index in [9.17, 15) is 14.7 Å². The molecule has 0 aromatic heterocycles. The number of rotatable bonds is 5. The molecule has 166 valence electrons. The van der Waals surface area contributed by atoms with Crippen LogP contribution in [0.3, 0.4) is 0 Å². The Balaban J connectivity index is 1.63. The number of hydrogen-bond donors (Lipinski definition) is 2. The van der Waals surface area contributed by atoms with Gasteiger partial charge >= 0.3 is 0 Å². The lowest BCUT2D eigenvalue weighted by Gasteiger charge is -2.29. The van der Waals surface area contributed by atoms with Gasteiger partial charge in [-0.05, 0) is 76.7 Å². The van der Waals surface area contributed by atoms with Crippen LogP contribution in [0.5, 0.6) is 23.0 Å². The summed E-state index contributed by atoms with van der Waals surface area (Å²) in [5.41, 5.74) is 0.539. The number of carbonyl (C=O) groups is 2. The van der Waals surface area contributed by atoms with Crippen LogP contribution >= 0.6 is 28.1 Å². The number of benzene rings is 3. The zero-order valence-corrected chi connectivity index (χ0v) is 19.6. The molecule has 2 N–H and O–H groups in total. The molecule has 1 heterocycles. The monoisotopic (exact) mass is 524 g/mol. The Kier molecular flexibility index (Phi) is 6.43. The fraction of sp³-hybridized carbons (Fsp3) is 0.0417. The smallest absolute Gasteiger partial charge is 0.270 e. The number of methoxy groups -OCH3 is 1. The van der Waals surface area contributed by atoms with E-state index in [1.165, 1.54) is 24.2 Å². The van der Waals surface area contributed by atoms with Crippen LogP contribution in [0.1, 0.15) is 5.56 Å². The van der Waals surface area contributed by atoms with Crippen LogP contribution in [0.25, 0.3) is 6.08 Å². The molecule has 0 radical (unpaired) electrons. The normalized spacial score (nSPS) is 14.9. The maximum Gasteiger partial charge on any atom is 0.270 e. The lowest BCUT2D eigenvalue weighted by molar-refractivity contribution is -0.122. The SMILES string of the molecule is COc1cc(O)c(/C=C2\C(=O)NC(=S)N(c3ccc(Oc4ccccc4)cc3)C2=O)cc1Br. The number of halogens is 1. The Labute approximate surface area is 203 Å². The van der Waals surface area contributed by atoms with Gasteiger partial charge < -0.3 is 14.6 Å². The number of para-hydroxylation sites is 1. The van der Waals surface area contributed by atoms with Gasteiger partial charge in [-0.25, -0.2) is 0 Å². The van der Waals surface area contributed by atoms with Crippen molar-refractivity contribution in [3.05, 3.63) is 82.3 Å². The Hall–Kier alpha value is -3.69. The van der Waals surface area contributed by atoms with Crippen LogP contribution in [-0.4, -0.2) is 29.1 Å². The van der Waals surface area contributed by atoms with Crippen molar-refractivity contribution in [3.63, 3.8) is 0 Å². The summed E-state index contributed by atoms with van der Waals surface area (Å²) in [6.07, 6.45) is 1.30. The molecule has 0 aliphatic carbocycles. The number of amides is 2. The van der Waals surface area contributed by atoms with Gasteiger partial charge in [0.15, 0.2) is 5.11 Å². The van der Waals surface area contributed by atoms with Gasteiger partial charge in [-0.2, -0.15) is 0 Å². The number of anilines is 1. The summed E-state index contributed by atoms with van der Waals surface area (Å²) in [5.74, 6) is 0.245. The van der Waals surface area contributed by atoms with Crippen molar-refractivity contribution < 1.29 is 24.2 Å². The Morgan fingerprint density at radius 3 is 2.36 bits per heavy atom. The van der Waals surface area contributed by atoms with E-state index in [0.29, 0.717) is 27.4 Å². The molecule has 2 amide bonds. The highest BCUT2D eigenvalue weighted by Crippen LogP contribution is 2.34. The van der Waals surface area contributed by atoms with Crippen molar-refractivity contribution in [2.24, 2.45) is 0 Å². The first-order valence-corrected chi connectivity index (χ1v) is 10.9. The molecule has 3 aromatic rings. The van der Waals surface area contributed by atoms with Crippen molar-refractivity contribution in [2.45, 2.75) is 0 Å². The second kappa shape index (κ2) is 9.43. The molecule has 1 aliphatic heterocycles. The average molecular weight is 525 g/mol. The van der Waals surface area contributed by atoms with Gasteiger partial charge in [0, 0.05) is 11.6 Å². The molecule has 0 atom stereocenters. The maximum absolute atomic E-state index is 13.2. The molecule has 0 bridgehead atoms. The summed E-state index contributed by atoms with van der Waals surface area (Å²) >= 11 is 8.57. The highest BCUT2D eigenvalue weighted by Gasteiger charge is 2.34. The molecule has 1 fully saturated rings. The van der Waals surface area contributed by atoms with E-state index in [4.69, 9.17) is 21.7 Å². The highest BCUT2D eigenvalue weighted by atomic mass is 79.9. The van der Waals surface area contributed by atoms with Crippen molar-refractivity contribution in [1.29, 1.82) is 0 Å². The summed E-state index contributed by atoms with van der Waals surface area (Å²) in [7, 11) is 1.46. The van der Waals surface area contributed by atoms with E-state index in [1.807, 2.05) is 30.3 Å². The van der Waals surface area contributed by atoms with E-state index >= 15 is 0 Å². The van der Waals surface area contributed by atoms with Crippen molar-refractivity contribution in [1.82, 2.24) is 5.32 Å². The van der Waals surface area contributed by atoms with Crippen molar-refractivity contribution in [2.75, 3.05) is 12.0 Å². The summed E-state index contributed by atoms with van der Waals surface area (Å²) in [4.78, 5) is 26.9. The quantitative estimate of drug-likeness (QED) is 0.283. The molecule has 0 saturated carbocycles. The number of ether oxygens (including phenoxy) is 2. The predicted molar refractivity (Wildman–Crippen MR) is 132 cm³/mol. The number of aromatic hydroxyl groups is 1. The Morgan fingerprint density at radius 2 is 1.70 bits per heavy atom. The summed E-state index contributed by atoms with van der Waals surface area (Å²) in [6, 6.07) is 18.9. The van der Waals surface area contributed by atoms with Gasteiger partial charge in [0.05, 0.1) is 17.3 Å². The van der Waals surface area contributed by atoms with E-state index in [1.54, 1.807) is 30.3 Å².